The first-order valence-electron chi connectivity index (χ1n) is 10.5. The minimum absolute atomic E-state index is 0.0131. The summed E-state index contributed by atoms with van der Waals surface area (Å²) in [5.74, 6) is -0.270. The smallest absolute Gasteiger partial charge is 0.330 e. The number of nitrogens with zero attached hydrogens (tertiary/aromatic N) is 3. The summed E-state index contributed by atoms with van der Waals surface area (Å²) in [6, 6.07) is 5.42. The number of aryl methyl sites for hydroxylation is 1. The van der Waals surface area contributed by atoms with E-state index in [1.54, 1.807) is 0 Å². The number of hydrogen-bond acceptors (Lipinski definition) is 8. The molecule has 1 spiro atoms. The molecule has 1 saturated carbocycles. The molecule has 170 valence electrons. The SMILES string of the molecule is Cc1cccc(Nc2nnc(SCC(=O)NN3C(=O)NC4(CCC(C)CC4)C3=O)s2)c1C. The molecule has 2 fully saturated rings. The number of anilines is 2. The number of amides is 4. The highest BCUT2D eigenvalue weighted by molar-refractivity contribution is 8.01. The molecular weight excluding hydrogens is 448 g/mol. The van der Waals surface area contributed by atoms with Gasteiger partial charge in [-0.3, -0.25) is 15.0 Å². The van der Waals surface area contributed by atoms with Crippen molar-refractivity contribution >= 4 is 51.8 Å². The number of aromatic nitrogens is 2. The molecule has 32 heavy (non-hydrogen) atoms. The largest absolute Gasteiger partial charge is 0.344 e. The van der Waals surface area contributed by atoms with Gasteiger partial charge in [-0.1, -0.05) is 42.2 Å². The zero-order valence-electron chi connectivity index (χ0n) is 18.2. The molecular formula is C21H26N6O3S2. The molecule has 2 heterocycles. The lowest BCUT2D eigenvalue weighted by Crippen LogP contribution is -2.51. The molecule has 3 N–H and O–H groups in total. The monoisotopic (exact) mass is 474 g/mol. The Bertz CT molecular complexity index is 1050. The van der Waals surface area contributed by atoms with E-state index in [1.807, 2.05) is 32.0 Å². The van der Waals surface area contributed by atoms with E-state index in [0.29, 0.717) is 28.2 Å². The number of carbonyl (C=O) groups excluding carboxylic acids is 3. The van der Waals surface area contributed by atoms with Gasteiger partial charge in [0, 0.05) is 5.69 Å². The van der Waals surface area contributed by atoms with Crippen LogP contribution >= 0.6 is 23.1 Å². The van der Waals surface area contributed by atoms with Crippen molar-refractivity contribution in [1.82, 2.24) is 25.9 Å². The average Bonchev–Trinajstić information content (AvgIpc) is 3.30. The molecule has 1 aliphatic carbocycles. The molecule has 2 aromatic rings. The highest BCUT2D eigenvalue weighted by atomic mass is 32.2. The zero-order valence-corrected chi connectivity index (χ0v) is 19.9. The van der Waals surface area contributed by atoms with Crippen molar-refractivity contribution in [2.45, 2.75) is 56.3 Å². The van der Waals surface area contributed by atoms with Crippen LogP contribution in [0.15, 0.2) is 22.5 Å². The van der Waals surface area contributed by atoms with E-state index in [1.165, 1.54) is 28.7 Å². The van der Waals surface area contributed by atoms with E-state index in [0.717, 1.165) is 29.1 Å². The predicted molar refractivity (Wildman–Crippen MR) is 124 cm³/mol. The summed E-state index contributed by atoms with van der Waals surface area (Å²) >= 11 is 2.54. The van der Waals surface area contributed by atoms with Crippen molar-refractivity contribution in [2.75, 3.05) is 11.1 Å². The van der Waals surface area contributed by atoms with Crippen LogP contribution in [0.2, 0.25) is 0 Å². The summed E-state index contributed by atoms with van der Waals surface area (Å²) in [5.41, 5.74) is 4.84. The fourth-order valence-electron chi connectivity index (χ4n) is 3.92. The number of nitrogens with one attached hydrogen (secondary N) is 3. The van der Waals surface area contributed by atoms with Crippen LogP contribution < -0.4 is 16.1 Å². The summed E-state index contributed by atoms with van der Waals surface area (Å²) in [4.78, 5) is 37.6. The molecule has 0 atom stereocenters. The van der Waals surface area contributed by atoms with E-state index in [2.05, 4.69) is 33.2 Å². The van der Waals surface area contributed by atoms with E-state index < -0.39 is 17.5 Å². The van der Waals surface area contributed by atoms with E-state index >= 15 is 0 Å². The van der Waals surface area contributed by atoms with Gasteiger partial charge in [-0.15, -0.1) is 10.2 Å². The van der Waals surface area contributed by atoms with Gasteiger partial charge in [-0.05, 0) is 62.6 Å². The Labute approximate surface area is 194 Å². The van der Waals surface area contributed by atoms with Crippen molar-refractivity contribution in [1.29, 1.82) is 0 Å². The van der Waals surface area contributed by atoms with Gasteiger partial charge < -0.3 is 10.6 Å². The van der Waals surface area contributed by atoms with Crippen LogP contribution in [0, 0.1) is 19.8 Å². The van der Waals surface area contributed by atoms with Crippen LogP contribution in [-0.2, 0) is 9.59 Å². The van der Waals surface area contributed by atoms with Crippen LogP contribution in [0.5, 0.6) is 0 Å². The Morgan fingerprint density at radius 3 is 2.78 bits per heavy atom. The van der Waals surface area contributed by atoms with Crippen molar-refractivity contribution in [2.24, 2.45) is 5.92 Å². The topological polar surface area (TPSA) is 116 Å². The number of hydrogen-bond donors (Lipinski definition) is 3. The Morgan fingerprint density at radius 1 is 1.28 bits per heavy atom. The molecule has 0 radical (unpaired) electrons. The molecule has 11 heteroatoms. The number of carbonyl (C=O) groups is 3. The van der Waals surface area contributed by atoms with Gasteiger partial charge >= 0.3 is 6.03 Å². The minimum Gasteiger partial charge on any atom is -0.330 e. The Hall–Kier alpha value is -2.66. The second kappa shape index (κ2) is 9.07. The quantitative estimate of drug-likeness (QED) is 0.433. The summed E-state index contributed by atoms with van der Waals surface area (Å²) in [6.07, 6.45) is 2.94. The first kappa shape index (κ1) is 22.5. The predicted octanol–water partition coefficient (Wildman–Crippen LogP) is 3.52. The van der Waals surface area contributed by atoms with Crippen LogP contribution in [0.25, 0.3) is 0 Å². The highest BCUT2D eigenvalue weighted by Crippen LogP contribution is 2.36. The third-order valence-electron chi connectivity index (χ3n) is 6.11. The van der Waals surface area contributed by atoms with Crippen molar-refractivity contribution < 1.29 is 14.4 Å². The number of hydrazine groups is 1. The number of imide groups is 1. The van der Waals surface area contributed by atoms with Gasteiger partial charge in [0.05, 0.1) is 5.75 Å². The molecule has 1 saturated heterocycles. The van der Waals surface area contributed by atoms with Gasteiger partial charge in [0.2, 0.25) is 11.0 Å². The molecule has 2 aliphatic rings. The lowest BCUT2D eigenvalue weighted by Gasteiger charge is -2.33. The fourth-order valence-corrected chi connectivity index (χ4v) is 5.48. The molecule has 9 nitrogen and oxygen atoms in total. The zero-order chi connectivity index (χ0) is 22.9. The summed E-state index contributed by atoms with van der Waals surface area (Å²) in [7, 11) is 0. The standard InChI is InChI=1S/C21H26N6O3S2/c1-12-7-9-21(10-8-12)17(29)27(19(30)23-21)26-16(28)11-31-20-25-24-18(32-20)22-15-6-4-5-13(2)14(15)3/h4-6,12H,7-11H2,1-3H3,(H,22,24)(H,23,30)(H,26,28). The second-order valence-electron chi connectivity index (χ2n) is 8.40. The average molecular weight is 475 g/mol. The number of thioether (sulfide) groups is 1. The third-order valence-corrected chi connectivity index (χ3v) is 8.08. The second-order valence-corrected chi connectivity index (χ2v) is 10.6. The van der Waals surface area contributed by atoms with Gasteiger partial charge in [0.15, 0.2) is 4.34 Å². The lowest BCUT2D eigenvalue weighted by atomic mass is 9.77. The number of urea groups is 1. The first-order valence-corrected chi connectivity index (χ1v) is 12.3. The van der Waals surface area contributed by atoms with Gasteiger partial charge in [0.1, 0.15) is 5.54 Å². The molecule has 0 bridgehead atoms. The van der Waals surface area contributed by atoms with E-state index in [9.17, 15) is 14.4 Å². The third kappa shape index (κ3) is 4.58. The van der Waals surface area contributed by atoms with Crippen molar-refractivity contribution in [3.8, 4) is 0 Å². The maximum Gasteiger partial charge on any atom is 0.344 e. The van der Waals surface area contributed by atoms with Crippen LogP contribution in [0.3, 0.4) is 0 Å². The Balaban J connectivity index is 1.30. The van der Waals surface area contributed by atoms with Crippen LogP contribution in [-0.4, -0.2) is 44.3 Å². The van der Waals surface area contributed by atoms with Crippen LogP contribution in [0.4, 0.5) is 15.6 Å². The number of benzene rings is 1. The summed E-state index contributed by atoms with van der Waals surface area (Å²) in [5, 5.41) is 15.7. The maximum absolute atomic E-state index is 12.8. The van der Waals surface area contributed by atoms with Crippen molar-refractivity contribution in [3.05, 3.63) is 29.3 Å². The Kier molecular flexibility index (Phi) is 6.38. The molecule has 1 aromatic heterocycles. The molecule has 4 amide bonds. The number of rotatable bonds is 6. The molecule has 0 unspecified atom stereocenters. The van der Waals surface area contributed by atoms with E-state index in [4.69, 9.17) is 0 Å². The highest BCUT2D eigenvalue weighted by Gasteiger charge is 2.52. The molecule has 4 rings (SSSR count). The summed E-state index contributed by atoms with van der Waals surface area (Å²) < 4.78 is 0.614. The fraction of sp³-hybridized carbons (Fsp3) is 0.476. The molecule has 1 aliphatic heterocycles. The maximum atomic E-state index is 12.8. The summed E-state index contributed by atoms with van der Waals surface area (Å²) in [6.45, 7) is 6.22. The normalized spacial score (nSPS) is 22.8. The lowest BCUT2D eigenvalue weighted by molar-refractivity contribution is -0.139. The van der Waals surface area contributed by atoms with Crippen LogP contribution in [0.1, 0.15) is 43.7 Å². The van der Waals surface area contributed by atoms with Crippen molar-refractivity contribution in [3.63, 3.8) is 0 Å². The first-order chi connectivity index (χ1) is 15.3. The van der Waals surface area contributed by atoms with Gasteiger partial charge in [-0.2, -0.15) is 5.01 Å². The van der Waals surface area contributed by atoms with E-state index in [-0.39, 0.29) is 11.7 Å². The molecule has 1 aromatic carbocycles. The van der Waals surface area contributed by atoms with Gasteiger partial charge in [-0.25, -0.2) is 4.79 Å². The van der Waals surface area contributed by atoms with Gasteiger partial charge in [0.25, 0.3) is 5.91 Å². The minimum atomic E-state index is -0.877. The Morgan fingerprint density at radius 2 is 2.03 bits per heavy atom.